The van der Waals surface area contributed by atoms with Crippen LogP contribution in [0.1, 0.15) is 29.8 Å². The quantitative estimate of drug-likeness (QED) is 0.899. The number of benzene rings is 1. The maximum Gasteiger partial charge on any atom is 0.326 e. The van der Waals surface area contributed by atoms with Gasteiger partial charge in [-0.15, -0.1) is 0 Å². The normalized spacial score (nSPS) is 14.8. The van der Waals surface area contributed by atoms with Crippen molar-refractivity contribution in [2.24, 2.45) is 5.92 Å². The van der Waals surface area contributed by atoms with Gasteiger partial charge in [-0.25, -0.2) is 4.79 Å². The second kappa shape index (κ2) is 5.96. The summed E-state index contributed by atoms with van der Waals surface area (Å²) in [6.45, 7) is 3.93. The largest absolute Gasteiger partial charge is 0.480 e. The first-order valence-corrected chi connectivity index (χ1v) is 7.77. The van der Waals surface area contributed by atoms with Crippen molar-refractivity contribution in [3.63, 3.8) is 0 Å². The van der Waals surface area contributed by atoms with E-state index in [2.05, 4.69) is 4.98 Å². The van der Waals surface area contributed by atoms with Gasteiger partial charge in [0.1, 0.15) is 6.04 Å². The number of fused-ring (bicyclic) bond motifs is 1. The minimum Gasteiger partial charge on any atom is -0.480 e. The van der Waals surface area contributed by atoms with E-state index in [0.29, 0.717) is 17.8 Å². The molecule has 0 fully saturated rings. The van der Waals surface area contributed by atoms with Crippen LogP contribution in [0.3, 0.4) is 0 Å². The van der Waals surface area contributed by atoms with Crippen LogP contribution >= 0.6 is 0 Å². The fraction of sp³-hybridized carbons (Fsp3) is 0.278. The van der Waals surface area contributed by atoms with E-state index in [4.69, 9.17) is 5.73 Å². The molecule has 2 heterocycles. The van der Waals surface area contributed by atoms with E-state index in [9.17, 15) is 14.7 Å². The number of hydrogen-bond donors (Lipinski definition) is 2. The summed E-state index contributed by atoms with van der Waals surface area (Å²) in [5, 5.41) is 9.44. The first kappa shape index (κ1) is 16.0. The van der Waals surface area contributed by atoms with Gasteiger partial charge in [-0.2, -0.15) is 0 Å². The van der Waals surface area contributed by atoms with E-state index in [0.717, 1.165) is 16.8 Å². The number of carbonyl (C=O) groups excluding carboxylic acids is 1. The van der Waals surface area contributed by atoms with Gasteiger partial charge < -0.3 is 15.7 Å². The molecule has 1 unspecified atom stereocenters. The monoisotopic (exact) mass is 325 g/mol. The van der Waals surface area contributed by atoms with E-state index in [1.54, 1.807) is 38.2 Å². The van der Waals surface area contributed by atoms with Crippen molar-refractivity contribution in [3.8, 4) is 11.3 Å². The van der Waals surface area contributed by atoms with Crippen molar-refractivity contribution in [3.05, 3.63) is 47.7 Å². The fourth-order valence-electron chi connectivity index (χ4n) is 3.06. The summed E-state index contributed by atoms with van der Waals surface area (Å²) in [6, 6.07) is 8.24. The number of rotatable bonds is 4. The van der Waals surface area contributed by atoms with Crippen LogP contribution in [0.2, 0.25) is 0 Å². The number of amides is 1. The number of pyridine rings is 1. The van der Waals surface area contributed by atoms with Crippen LogP contribution < -0.4 is 5.73 Å². The zero-order valence-corrected chi connectivity index (χ0v) is 13.6. The van der Waals surface area contributed by atoms with Crippen LogP contribution in [0.4, 0.5) is 5.69 Å². The Bertz CT molecular complexity index is 800. The third-order valence-electron chi connectivity index (χ3n) is 4.24. The summed E-state index contributed by atoms with van der Waals surface area (Å²) in [6.07, 6.45) is 1.57. The Balaban J connectivity index is 1.95. The van der Waals surface area contributed by atoms with Crippen molar-refractivity contribution < 1.29 is 14.7 Å². The van der Waals surface area contributed by atoms with Crippen molar-refractivity contribution in [1.82, 2.24) is 9.88 Å². The molecule has 0 radical (unpaired) electrons. The first-order valence-electron chi connectivity index (χ1n) is 7.77. The lowest BCUT2D eigenvalue weighted by Gasteiger charge is -2.27. The maximum atomic E-state index is 12.7. The third-order valence-corrected chi connectivity index (χ3v) is 4.24. The number of aliphatic carboxylic acids is 1. The highest BCUT2D eigenvalue weighted by Crippen LogP contribution is 2.30. The molecular weight excluding hydrogens is 306 g/mol. The summed E-state index contributed by atoms with van der Waals surface area (Å²) in [5.41, 5.74) is 9.12. The molecule has 3 N–H and O–H groups in total. The van der Waals surface area contributed by atoms with Crippen LogP contribution in [0.5, 0.6) is 0 Å². The SMILES string of the molecule is CC(C)C(C(=O)O)N1Cc2ccc(-c3ccc(N)cn3)cc2C1=O. The number of carboxylic acid groups (broad SMARTS) is 1. The molecule has 0 saturated heterocycles. The molecule has 3 rings (SSSR count). The van der Waals surface area contributed by atoms with Gasteiger partial charge in [0.25, 0.3) is 5.91 Å². The Morgan fingerprint density at radius 1 is 1.29 bits per heavy atom. The van der Waals surface area contributed by atoms with Crippen LogP contribution in [0.15, 0.2) is 36.5 Å². The molecule has 1 amide bonds. The number of carboxylic acids is 1. The molecule has 0 aliphatic carbocycles. The Kier molecular flexibility index (Phi) is 3.97. The van der Waals surface area contributed by atoms with Crippen molar-refractivity contribution in [1.29, 1.82) is 0 Å². The molecule has 6 nitrogen and oxygen atoms in total. The summed E-state index contributed by atoms with van der Waals surface area (Å²) >= 11 is 0. The molecule has 0 bridgehead atoms. The first-order chi connectivity index (χ1) is 11.4. The Morgan fingerprint density at radius 3 is 2.62 bits per heavy atom. The summed E-state index contributed by atoms with van der Waals surface area (Å²) in [7, 11) is 0. The number of nitrogen functional groups attached to an aromatic ring is 1. The van der Waals surface area contributed by atoms with Gasteiger partial charge in [-0.1, -0.05) is 26.0 Å². The highest BCUT2D eigenvalue weighted by atomic mass is 16.4. The smallest absolute Gasteiger partial charge is 0.326 e. The summed E-state index contributed by atoms with van der Waals surface area (Å²) < 4.78 is 0. The lowest BCUT2D eigenvalue weighted by molar-refractivity contribution is -0.144. The highest BCUT2D eigenvalue weighted by molar-refractivity contribution is 6.01. The molecule has 1 aromatic heterocycles. The highest BCUT2D eigenvalue weighted by Gasteiger charge is 2.38. The van der Waals surface area contributed by atoms with E-state index in [-0.39, 0.29) is 11.8 Å². The minimum absolute atomic E-state index is 0.168. The molecule has 0 saturated carbocycles. The van der Waals surface area contributed by atoms with E-state index in [1.165, 1.54) is 4.90 Å². The van der Waals surface area contributed by atoms with Crippen LogP contribution in [-0.4, -0.2) is 32.9 Å². The van der Waals surface area contributed by atoms with Crippen molar-refractivity contribution in [2.75, 3.05) is 5.73 Å². The van der Waals surface area contributed by atoms with Gasteiger partial charge in [0, 0.05) is 17.7 Å². The standard InChI is InChI=1S/C18H19N3O3/c1-10(2)16(18(23)24)21-9-12-4-3-11(7-14(12)17(21)22)15-6-5-13(19)8-20-15/h3-8,10,16H,9,19H2,1-2H3,(H,23,24). The Labute approximate surface area is 139 Å². The van der Waals surface area contributed by atoms with Crippen LogP contribution in [0, 0.1) is 5.92 Å². The second-order valence-corrected chi connectivity index (χ2v) is 6.31. The molecule has 0 spiro atoms. The van der Waals surface area contributed by atoms with Gasteiger partial charge in [-0.05, 0) is 29.7 Å². The topological polar surface area (TPSA) is 96.5 Å². The van der Waals surface area contributed by atoms with Gasteiger partial charge in [0.2, 0.25) is 0 Å². The predicted octanol–water partition coefficient (Wildman–Crippen LogP) is 2.40. The molecule has 1 aliphatic rings. The molecule has 6 heteroatoms. The third kappa shape index (κ3) is 2.71. The Morgan fingerprint density at radius 2 is 2.04 bits per heavy atom. The minimum atomic E-state index is -0.980. The molecule has 1 aromatic carbocycles. The molecule has 2 aromatic rings. The van der Waals surface area contributed by atoms with Crippen LogP contribution in [0.25, 0.3) is 11.3 Å². The average Bonchev–Trinajstić information content (AvgIpc) is 2.84. The van der Waals surface area contributed by atoms with Crippen molar-refractivity contribution in [2.45, 2.75) is 26.4 Å². The fourth-order valence-corrected chi connectivity index (χ4v) is 3.06. The van der Waals surface area contributed by atoms with Gasteiger partial charge in [-0.3, -0.25) is 9.78 Å². The van der Waals surface area contributed by atoms with E-state index >= 15 is 0 Å². The Hall–Kier alpha value is -2.89. The van der Waals surface area contributed by atoms with Gasteiger partial charge in [0.15, 0.2) is 0 Å². The second-order valence-electron chi connectivity index (χ2n) is 6.31. The molecule has 1 aliphatic heterocycles. The molecule has 24 heavy (non-hydrogen) atoms. The maximum absolute atomic E-state index is 12.7. The van der Waals surface area contributed by atoms with Crippen LogP contribution in [-0.2, 0) is 11.3 Å². The number of nitrogens with two attached hydrogens (primary N) is 1. The number of nitrogens with zero attached hydrogens (tertiary/aromatic N) is 2. The molecular formula is C18H19N3O3. The van der Waals surface area contributed by atoms with E-state index < -0.39 is 12.0 Å². The van der Waals surface area contributed by atoms with Gasteiger partial charge in [0.05, 0.1) is 17.6 Å². The summed E-state index contributed by atoms with van der Waals surface area (Å²) in [5.74, 6) is -1.39. The van der Waals surface area contributed by atoms with Gasteiger partial charge >= 0.3 is 5.97 Å². The van der Waals surface area contributed by atoms with E-state index in [1.807, 2.05) is 12.1 Å². The zero-order valence-electron chi connectivity index (χ0n) is 13.6. The lowest BCUT2D eigenvalue weighted by Crippen LogP contribution is -2.44. The number of aromatic nitrogens is 1. The number of anilines is 1. The number of hydrogen-bond acceptors (Lipinski definition) is 4. The zero-order chi connectivity index (χ0) is 17.4. The molecule has 124 valence electrons. The van der Waals surface area contributed by atoms with Crippen molar-refractivity contribution >= 4 is 17.6 Å². The predicted molar refractivity (Wildman–Crippen MR) is 90.2 cm³/mol. The average molecular weight is 325 g/mol. The number of carbonyl (C=O) groups is 2. The summed E-state index contributed by atoms with van der Waals surface area (Å²) in [4.78, 5) is 29.9. The lowest BCUT2D eigenvalue weighted by atomic mass is 10.0. The molecule has 1 atom stereocenters.